The number of nitrogens with zero attached hydrogens (tertiary/aromatic N) is 1. The summed E-state index contributed by atoms with van der Waals surface area (Å²) < 4.78 is 4.71. The molecule has 4 nitrogen and oxygen atoms in total. The Labute approximate surface area is 114 Å². The standard InChI is InChI=1S/C12H14N2O2S2/c1-7(9-5-4-6-17-9)13-12-14-8(2)10(18-12)11(15)16-3/h4-7H,1-3H3,(H,13,14). The number of hydrogen-bond donors (Lipinski definition) is 1. The fraction of sp³-hybridized carbons (Fsp3) is 0.333. The molecule has 2 aromatic rings. The number of esters is 1. The van der Waals surface area contributed by atoms with Gasteiger partial charge >= 0.3 is 5.97 Å². The Hall–Kier alpha value is -1.40. The smallest absolute Gasteiger partial charge is 0.350 e. The molecular weight excluding hydrogens is 268 g/mol. The Morgan fingerprint density at radius 3 is 2.94 bits per heavy atom. The highest BCUT2D eigenvalue weighted by Gasteiger charge is 2.17. The van der Waals surface area contributed by atoms with Crippen molar-refractivity contribution in [1.82, 2.24) is 4.98 Å². The van der Waals surface area contributed by atoms with E-state index in [-0.39, 0.29) is 12.0 Å². The van der Waals surface area contributed by atoms with Crippen LogP contribution in [0.3, 0.4) is 0 Å². The molecule has 6 heteroatoms. The van der Waals surface area contributed by atoms with Crippen molar-refractivity contribution in [2.45, 2.75) is 19.9 Å². The van der Waals surface area contributed by atoms with Crippen molar-refractivity contribution in [3.63, 3.8) is 0 Å². The lowest BCUT2D eigenvalue weighted by Crippen LogP contribution is -2.04. The van der Waals surface area contributed by atoms with Crippen LogP contribution in [0.2, 0.25) is 0 Å². The van der Waals surface area contributed by atoms with Crippen molar-refractivity contribution in [3.05, 3.63) is 33.0 Å². The second-order valence-electron chi connectivity index (χ2n) is 3.81. The molecule has 1 unspecified atom stereocenters. The zero-order valence-electron chi connectivity index (χ0n) is 10.4. The summed E-state index contributed by atoms with van der Waals surface area (Å²) in [7, 11) is 1.38. The van der Waals surface area contributed by atoms with E-state index in [0.717, 1.165) is 5.13 Å². The van der Waals surface area contributed by atoms with Crippen LogP contribution in [0.4, 0.5) is 5.13 Å². The number of rotatable bonds is 4. The van der Waals surface area contributed by atoms with Crippen LogP contribution < -0.4 is 5.32 Å². The number of thiophene rings is 1. The first-order valence-electron chi connectivity index (χ1n) is 5.47. The Balaban J connectivity index is 2.13. The van der Waals surface area contributed by atoms with E-state index in [0.29, 0.717) is 10.6 Å². The Bertz CT molecular complexity index is 534. The molecule has 2 rings (SSSR count). The molecule has 0 saturated heterocycles. The minimum Gasteiger partial charge on any atom is -0.465 e. The van der Waals surface area contributed by atoms with Gasteiger partial charge in [0.1, 0.15) is 4.88 Å². The topological polar surface area (TPSA) is 51.2 Å². The van der Waals surface area contributed by atoms with Crippen LogP contribution >= 0.6 is 22.7 Å². The average molecular weight is 282 g/mol. The van der Waals surface area contributed by atoms with E-state index >= 15 is 0 Å². The number of carbonyl (C=O) groups is 1. The van der Waals surface area contributed by atoms with Gasteiger partial charge in [0.2, 0.25) is 0 Å². The second-order valence-corrected chi connectivity index (χ2v) is 5.78. The van der Waals surface area contributed by atoms with Crippen LogP contribution in [-0.4, -0.2) is 18.1 Å². The van der Waals surface area contributed by atoms with Gasteiger partial charge in [0.05, 0.1) is 18.8 Å². The molecule has 0 aliphatic carbocycles. The predicted octanol–water partition coefficient (Wildman–Crippen LogP) is 3.47. The molecule has 1 atom stereocenters. The number of hydrogen-bond acceptors (Lipinski definition) is 6. The number of ether oxygens (including phenoxy) is 1. The summed E-state index contributed by atoms with van der Waals surface area (Å²) in [5.41, 5.74) is 0.702. The van der Waals surface area contributed by atoms with Crippen LogP contribution in [0, 0.1) is 6.92 Å². The monoisotopic (exact) mass is 282 g/mol. The Morgan fingerprint density at radius 2 is 2.33 bits per heavy atom. The highest BCUT2D eigenvalue weighted by molar-refractivity contribution is 7.17. The van der Waals surface area contributed by atoms with Crippen LogP contribution in [0.5, 0.6) is 0 Å². The summed E-state index contributed by atoms with van der Waals surface area (Å²) >= 11 is 3.02. The van der Waals surface area contributed by atoms with Crippen molar-refractivity contribution >= 4 is 33.8 Å². The third kappa shape index (κ3) is 2.70. The fourth-order valence-corrected chi connectivity index (χ4v) is 3.24. The molecule has 0 saturated carbocycles. The van der Waals surface area contributed by atoms with Gasteiger partial charge in [-0.1, -0.05) is 17.4 Å². The van der Waals surface area contributed by atoms with Gasteiger partial charge in [-0.3, -0.25) is 0 Å². The lowest BCUT2D eigenvalue weighted by atomic mass is 10.3. The highest BCUT2D eigenvalue weighted by atomic mass is 32.1. The number of carbonyl (C=O) groups excluding carboxylic acids is 1. The van der Waals surface area contributed by atoms with Crippen LogP contribution in [-0.2, 0) is 4.74 Å². The SMILES string of the molecule is COC(=O)c1sc(NC(C)c2cccs2)nc1C. The second kappa shape index (κ2) is 5.49. The summed E-state index contributed by atoms with van der Waals surface area (Å²) in [6.07, 6.45) is 0. The zero-order chi connectivity index (χ0) is 13.1. The summed E-state index contributed by atoms with van der Waals surface area (Å²) in [5.74, 6) is -0.332. The van der Waals surface area contributed by atoms with E-state index in [2.05, 4.69) is 23.3 Å². The quantitative estimate of drug-likeness (QED) is 0.872. The Kier molecular flexibility index (Phi) is 3.98. The largest absolute Gasteiger partial charge is 0.465 e. The number of anilines is 1. The maximum atomic E-state index is 11.5. The predicted molar refractivity (Wildman–Crippen MR) is 74.5 cm³/mol. The van der Waals surface area contributed by atoms with Crippen molar-refractivity contribution in [3.8, 4) is 0 Å². The summed E-state index contributed by atoms with van der Waals surface area (Å²) in [4.78, 5) is 17.6. The molecule has 1 N–H and O–H groups in total. The van der Waals surface area contributed by atoms with Crippen LogP contribution in [0.25, 0.3) is 0 Å². The molecular formula is C12H14N2O2S2. The fourth-order valence-electron chi connectivity index (χ4n) is 1.53. The minimum atomic E-state index is -0.332. The molecule has 0 bridgehead atoms. The molecule has 2 heterocycles. The average Bonchev–Trinajstić information content (AvgIpc) is 2.97. The zero-order valence-corrected chi connectivity index (χ0v) is 12.0. The molecule has 0 amide bonds. The normalized spacial score (nSPS) is 12.2. The number of aryl methyl sites for hydroxylation is 1. The van der Waals surface area contributed by atoms with Crippen molar-refractivity contribution < 1.29 is 9.53 Å². The van der Waals surface area contributed by atoms with E-state index in [1.54, 1.807) is 11.3 Å². The third-order valence-corrected chi connectivity index (χ3v) is 4.60. The molecule has 0 aliphatic rings. The highest BCUT2D eigenvalue weighted by Crippen LogP contribution is 2.28. The van der Waals surface area contributed by atoms with Gasteiger partial charge in [0.15, 0.2) is 5.13 Å². The van der Waals surface area contributed by atoms with Gasteiger partial charge in [-0.05, 0) is 25.3 Å². The molecule has 0 fully saturated rings. The maximum Gasteiger partial charge on any atom is 0.350 e. The summed E-state index contributed by atoms with van der Waals surface area (Å²) in [6, 6.07) is 4.27. The summed E-state index contributed by atoms with van der Waals surface area (Å²) in [5, 5.41) is 6.08. The number of nitrogens with one attached hydrogen (secondary N) is 1. The molecule has 96 valence electrons. The maximum absolute atomic E-state index is 11.5. The summed E-state index contributed by atoms with van der Waals surface area (Å²) in [6.45, 7) is 3.88. The molecule has 0 aliphatic heterocycles. The van der Waals surface area contributed by atoms with Crippen molar-refractivity contribution in [2.75, 3.05) is 12.4 Å². The molecule has 0 aromatic carbocycles. The molecule has 0 spiro atoms. The lowest BCUT2D eigenvalue weighted by molar-refractivity contribution is 0.0605. The minimum absolute atomic E-state index is 0.182. The van der Waals surface area contributed by atoms with E-state index in [4.69, 9.17) is 4.74 Å². The van der Waals surface area contributed by atoms with Crippen molar-refractivity contribution in [1.29, 1.82) is 0 Å². The Morgan fingerprint density at radius 1 is 1.56 bits per heavy atom. The van der Waals surface area contributed by atoms with Crippen LogP contribution in [0.15, 0.2) is 17.5 Å². The molecule has 0 radical (unpaired) electrons. The number of thiazole rings is 1. The first-order valence-corrected chi connectivity index (χ1v) is 7.17. The lowest BCUT2D eigenvalue weighted by Gasteiger charge is -2.10. The van der Waals surface area contributed by atoms with Gasteiger partial charge < -0.3 is 10.1 Å². The van der Waals surface area contributed by atoms with E-state index in [1.807, 2.05) is 18.4 Å². The number of aromatic nitrogens is 1. The van der Waals surface area contributed by atoms with Gasteiger partial charge in [0, 0.05) is 4.88 Å². The molecule has 18 heavy (non-hydrogen) atoms. The number of methoxy groups -OCH3 is 1. The van der Waals surface area contributed by atoms with Crippen LogP contribution in [0.1, 0.15) is 33.2 Å². The van der Waals surface area contributed by atoms with Gasteiger partial charge in [-0.15, -0.1) is 11.3 Å². The van der Waals surface area contributed by atoms with Gasteiger partial charge in [0.25, 0.3) is 0 Å². The van der Waals surface area contributed by atoms with E-state index in [9.17, 15) is 4.79 Å². The van der Waals surface area contributed by atoms with E-state index < -0.39 is 0 Å². The van der Waals surface area contributed by atoms with Gasteiger partial charge in [-0.25, -0.2) is 9.78 Å². The van der Waals surface area contributed by atoms with E-state index in [1.165, 1.54) is 23.3 Å². The third-order valence-electron chi connectivity index (χ3n) is 2.48. The van der Waals surface area contributed by atoms with Crippen molar-refractivity contribution in [2.24, 2.45) is 0 Å². The first-order chi connectivity index (χ1) is 8.61. The first kappa shape index (κ1) is 13.0. The van der Waals surface area contributed by atoms with Gasteiger partial charge in [-0.2, -0.15) is 0 Å². The molecule has 2 aromatic heterocycles.